The van der Waals surface area contributed by atoms with Gasteiger partial charge in [0, 0.05) is 17.2 Å². The van der Waals surface area contributed by atoms with Gasteiger partial charge in [-0.15, -0.1) is 0 Å². The Hall–Kier alpha value is -3.53. The number of nitriles is 1. The SMILES string of the molecule is COc1ccc(OC)c([C@@H]2C(C#N)=C(N)Oc3cc4c(cc32)OCO4)c1. The number of rotatable bonds is 3. The zero-order valence-corrected chi connectivity index (χ0v) is 14.2. The molecular formula is C19H16N2O5. The maximum atomic E-state index is 9.71. The molecule has 0 saturated heterocycles. The third kappa shape index (κ3) is 2.35. The Morgan fingerprint density at radius 3 is 2.50 bits per heavy atom. The molecule has 0 aromatic heterocycles. The third-order valence-corrected chi connectivity index (χ3v) is 4.46. The number of benzene rings is 2. The summed E-state index contributed by atoms with van der Waals surface area (Å²) < 4.78 is 27.4. The number of allylic oxidation sites excluding steroid dienone is 1. The van der Waals surface area contributed by atoms with Gasteiger partial charge in [-0.1, -0.05) is 0 Å². The summed E-state index contributed by atoms with van der Waals surface area (Å²) in [6.45, 7) is 0.138. The highest BCUT2D eigenvalue weighted by atomic mass is 16.7. The summed E-state index contributed by atoms with van der Waals surface area (Å²) in [7, 11) is 3.15. The van der Waals surface area contributed by atoms with E-state index in [1.807, 2.05) is 12.1 Å². The Morgan fingerprint density at radius 2 is 1.81 bits per heavy atom. The summed E-state index contributed by atoms with van der Waals surface area (Å²) in [6.07, 6.45) is 0. The minimum atomic E-state index is -0.483. The summed E-state index contributed by atoms with van der Waals surface area (Å²) >= 11 is 0. The summed E-state index contributed by atoms with van der Waals surface area (Å²) in [6, 6.07) is 11.1. The lowest BCUT2D eigenvalue weighted by Crippen LogP contribution is -2.21. The summed E-state index contributed by atoms with van der Waals surface area (Å²) in [5.74, 6) is 2.51. The fourth-order valence-corrected chi connectivity index (χ4v) is 3.23. The monoisotopic (exact) mass is 352 g/mol. The molecule has 7 heteroatoms. The second-order valence-electron chi connectivity index (χ2n) is 5.78. The first-order valence-corrected chi connectivity index (χ1v) is 7.89. The van der Waals surface area contributed by atoms with E-state index in [4.69, 9.17) is 29.4 Å². The Kier molecular flexibility index (Phi) is 3.73. The van der Waals surface area contributed by atoms with Gasteiger partial charge in [-0.3, -0.25) is 0 Å². The standard InChI is InChI=1S/C19H16N2O5/c1-22-10-3-4-14(23-2)11(5-10)18-12-6-16-17(25-9-24-16)7-15(12)26-19(21)13(18)8-20/h3-7,18H,9,21H2,1-2H3/t18-/m0/s1. The van der Waals surface area contributed by atoms with Gasteiger partial charge in [0.2, 0.25) is 12.7 Å². The predicted octanol–water partition coefficient (Wildman–Crippen LogP) is 2.65. The average Bonchev–Trinajstić information content (AvgIpc) is 3.12. The van der Waals surface area contributed by atoms with Gasteiger partial charge in [0.1, 0.15) is 28.9 Å². The Labute approximate surface area is 150 Å². The van der Waals surface area contributed by atoms with E-state index in [-0.39, 0.29) is 12.7 Å². The molecule has 7 nitrogen and oxygen atoms in total. The molecule has 2 aliphatic rings. The molecule has 0 saturated carbocycles. The van der Waals surface area contributed by atoms with Gasteiger partial charge in [-0.25, -0.2) is 0 Å². The van der Waals surface area contributed by atoms with E-state index < -0.39 is 5.92 Å². The molecule has 2 aromatic carbocycles. The first-order chi connectivity index (χ1) is 12.7. The lowest BCUT2D eigenvalue weighted by Gasteiger charge is -2.27. The molecule has 0 spiro atoms. The average molecular weight is 352 g/mol. The Bertz CT molecular complexity index is 961. The molecule has 4 rings (SSSR count). The molecule has 2 heterocycles. The van der Waals surface area contributed by atoms with Crippen LogP contribution in [-0.2, 0) is 0 Å². The van der Waals surface area contributed by atoms with Crippen LogP contribution in [0.25, 0.3) is 0 Å². The number of methoxy groups -OCH3 is 2. The topological polar surface area (TPSA) is 96.0 Å². The highest BCUT2D eigenvalue weighted by Crippen LogP contribution is 2.49. The minimum absolute atomic E-state index is 0.0498. The predicted molar refractivity (Wildman–Crippen MR) is 91.4 cm³/mol. The lowest BCUT2D eigenvalue weighted by atomic mass is 9.82. The highest BCUT2D eigenvalue weighted by molar-refractivity contribution is 5.63. The summed E-state index contributed by atoms with van der Waals surface area (Å²) in [4.78, 5) is 0. The van der Waals surface area contributed by atoms with Crippen molar-refractivity contribution in [3.8, 4) is 34.8 Å². The fraction of sp³-hybridized carbons (Fsp3) is 0.211. The molecule has 0 radical (unpaired) electrons. The fourth-order valence-electron chi connectivity index (χ4n) is 3.23. The maximum Gasteiger partial charge on any atom is 0.231 e. The van der Waals surface area contributed by atoms with E-state index in [1.54, 1.807) is 32.4 Å². The van der Waals surface area contributed by atoms with Crippen molar-refractivity contribution in [2.75, 3.05) is 21.0 Å². The van der Waals surface area contributed by atoms with E-state index in [0.29, 0.717) is 34.3 Å². The van der Waals surface area contributed by atoms with Crippen molar-refractivity contribution in [3.05, 3.63) is 52.9 Å². The zero-order valence-electron chi connectivity index (χ0n) is 14.2. The second kappa shape index (κ2) is 6.08. The minimum Gasteiger partial charge on any atom is -0.497 e. The maximum absolute atomic E-state index is 9.71. The van der Waals surface area contributed by atoms with Gasteiger partial charge in [0.05, 0.1) is 20.1 Å². The molecule has 0 unspecified atom stereocenters. The number of hydrogen-bond acceptors (Lipinski definition) is 7. The molecule has 2 aromatic rings. The van der Waals surface area contributed by atoms with Gasteiger partial charge < -0.3 is 29.4 Å². The molecule has 26 heavy (non-hydrogen) atoms. The van der Waals surface area contributed by atoms with Crippen LogP contribution in [0.15, 0.2) is 41.8 Å². The summed E-state index contributed by atoms with van der Waals surface area (Å²) in [5, 5.41) is 9.71. The number of nitrogens with two attached hydrogens (primary N) is 1. The van der Waals surface area contributed by atoms with Crippen LogP contribution in [0.5, 0.6) is 28.7 Å². The molecule has 2 aliphatic heterocycles. The number of hydrogen-bond donors (Lipinski definition) is 1. The normalized spacial score (nSPS) is 17.2. The van der Waals surface area contributed by atoms with Crippen molar-refractivity contribution in [3.63, 3.8) is 0 Å². The smallest absolute Gasteiger partial charge is 0.231 e. The van der Waals surface area contributed by atoms with Crippen LogP contribution in [-0.4, -0.2) is 21.0 Å². The van der Waals surface area contributed by atoms with Crippen LogP contribution in [0, 0.1) is 11.3 Å². The van der Waals surface area contributed by atoms with Gasteiger partial charge in [0.25, 0.3) is 0 Å². The van der Waals surface area contributed by atoms with Crippen molar-refractivity contribution >= 4 is 0 Å². The van der Waals surface area contributed by atoms with Gasteiger partial charge in [-0.2, -0.15) is 5.26 Å². The van der Waals surface area contributed by atoms with E-state index in [1.165, 1.54) is 0 Å². The van der Waals surface area contributed by atoms with Crippen LogP contribution < -0.4 is 29.4 Å². The van der Waals surface area contributed by atoms with E-state index >= 15 is 0 Å². The first kappa shape index (κ1) is 16.0. The first-order valence-electron chi connectivity index (χ1n) is 7.89. The second-order valence-corrected chi connectivity index (χ2v) is 5.78. The number of nitrogens with zero attached hydrogens (tertiary/aromatic N) is 1. The van der Waals surface area contributed by atoms with Crippen LogP contribution in [0.1, 0.15) is 17.0 Å². The largest absolute Gasteiger partial charge is 0.497 e. The molecule has 0 amide bonds. The molecule has 2 N–H and O–H groups in total. The van der Waals surface area contributed by atoms with E-state index in [9.17, 15) is 5.26 Å². The molecular weight excluding hydrogens is 336 g/mol. The Balaban J connectivity index is 1.97. The van der Waals surface area contributed by atoms with Crippen LogP contribution in [0.3, 0.4) is 0 Å². The van der Waals surface area contributed by atoms with Crippen LogP contribution in [0.2, 0.25) is 0 Å². The van der Waals surface area contributed by atoms with Crippen molar-refractivity contribution in [2.24, 2.45) is 5.73 Å². The zero-order chi connectivity index (χ0) is 18.3. The van der Waals surface area contributed by atoms with Crippen LogP contribution in [0.4, 0.5) is 0 Å². The Morgan fingerprint density at radius 1 is 1.04 bits per heavy atom. The van der Waals surface area contributed by atoms with Crippen molar-refractivity contribution < 1.29 is 23.7 Å². The lowest BCUT2D eigenvalue weighted by molar-refractivity contribution is 0.174. The number of ether oxygens (including phenoxy) is 5. The number of fused-ring (bicyclic) bond motifs is 2. The quantitative estimate of drug-likeness (QED) is 0.907. The van der Waals surface area contributed by atoms with Gasteiger partial charge in [0.15, 0.2) is 11.5 Å². The molecule has 1 atom stereocenters. The van der Waals surface area contributed by atoms with Crippen molar-refractivity contribution in [2.45, 2.75) is 5.92 Å². The van der Waals surface area contributed by atoms with Crippen molar-refractivity contribution in [1.82, 2.24) is 0 Å². The van der Waals surface area contributed by atoms with E-state index in [0.717, 1.165) is 11.1 Å². The van der Waals surface area contributed by atoms with Gasteiger partial charge in [-0.05, 0) is 24.3 Å². The molecule has 0 bridgehead atoms. The van der Waals surface area contributed by atoms with E-state index in [2.05, 4.69) is 6.07 Å². The van der Waals surface area contributed by atoms with Crippen molar-refractivity contribution in [1.29, 1.82) is 5.26 Å². The van der Waals surface area contributed by atoms with Crippen LogP contribution >= 0.6 is 0 Å². The molecule has 132 valence electrons. The highest BCUT2D eigenvalue weighted by Gasteiger charge is 2.35. The summed E-state index contributed by atoms with van der Waals surface area (Å²) in [5.41, 5.74) is 7.81. The van der Waals surface area contributed by atoms with Gasteiger partial charge >= 0.3 is 0 Å². The third-order valence-electron chi connectivity index (χ3n) is 4.46. The molecule has 0 fully saturated rings. The molecule has 0 aliphatic carbocycles.